The summed E-state index contributed by atoms with van der Waals surface area (Å²) in [6, 6.07) is 0. The van der Waals surface area contributed by atoms with Gasteiger partial charge in [-0.1, -0.05) is 89.8 Å². The van der Waals surface area contributed by atoms with Crippen LogP contribution >= 0.6 is 0 Å². The maximum absolute atomic E-state index is 3.89. The summed E-state index contributed by atoms with van der Waals surface area (Å²) in [5, 5.41) is 0.296. The summed E-state index contributed by atoms with van der Waals surface area (Å²) in [7, 11) is 1.04. The van der Waals surface area contributed by atoms with E-state index in [1.165, 1.54) is 11.0 Å². The molecule has 0 aromatic rings. The molecule has 0 amide bonds. The van der Waals surface area contributed by atoms with Crippen LogP contribution < -0.4 is 0 Å². The molecule has 94 valence electrons. The van der Waals surface area contributed by atoms with Crippen LogP contribution in [-0.2, 0) is 0 Å². The van der Waals surface area contributed by atoms with E-state index < -0.39 is 0 Å². The van der Waals surface area contributed by atoms with Gasteiger partial charge in [0.2, 0.25) is 0 Å². The fourth-order valence-corrected chi connectivity index (χ4v) is 1.63. The molecule has 0 fully saturated rings. The van der Waals surface area contributed by atoms with E-state index in [9.17, 15) is 0 Å². The van der Waals surface area contributed by atoms with Crippen LogP contribution in [0.1, 0.15) is 41.5 Å². The second-order valence-corrected chi connectivity index (χ2v) is 6.76. The van der Waals surface area contributed by atoms with Crippen LogP contribution in [0.4, 0.5) is 0 Å². The zero-order valence-electron chi connectivity index (χ0n) is 12.4. The lowest BCUT2D eigenvalue weighted by molar-refractivity contribution is 0.517. The van der Waals surface area contributed by atoms with E-state index in [2.05, 4.69) is 66.9 Å². The average Bonchev–Trinajstić information content (AvgIpc) is 2.12. The summed E-state index contributed by atoms with van der Waals surface area (Å²) in [4.78, 5) is 0. The summed E-state index contributed by atoms with van der Waals surface area (Å²) in [5.41, 5.74) is 2.68. The fraction of sp³-hybridized carbons (Fsp3) is 0.500. The molecule has 0 aromatic carbocycles. The Morgan fingerprint density at radius 1 is 0.882 bits per heavy atom. The fourth-order valence-electron chi connectivity index (χ4n) is 1.63. The van der Waals surface area contributed by atoms with E-state index in [0.29, 0.717) is 5.31 Å². The van der Waals surface area contributed by atoms with Crippen molar-refractivity contribution in [3.8, 4) is 0 Å². The van der Waals surface area contributed by atoms with E-state index in [1.54, 1.807) is 0 Å². The van der Waals surface area contributed by atoms with Crippen LogP contribution in [0, 0.1) is 5.41 Å². The molecule has 0 bridgehead atoms. The molecule has 0 aliphatic rings. The minimum absolute atomic E-state index is 0.145. The van der Waals surface area contributed by atoms with Gasteiger partial charge in [-0.25, -0.2) is 0 Å². The van der Waals surface area contributed by atoms with Gasteiger partial charge in [-0.2, -0.15) is 0 Å². The highest BCUT2D eigenvalue weighted by Gasteiger charge is 2.15. The normalized spacial score (nSPS) is 14.5. The largest absolute Gasteiger partial charge is 0.163 e. The Hall–Kier alpha value is -0.975. The summed E-state index contributed by atoms with van der Waals surface area (Å²) < 4.78 is 0. The smallest absolute Gasteiger partial charge is 0.0996 e. The van der Waals surface area contributed by atoms with Crippen molar-refractivity contribution in [2.24, 2.45) is 5.41 Å². The lowest BCUT2D eigenvalue weighted by Crippen LogP contribution is -2.10. The molecule has 0 atom stereocenters. The molecular weight excluding hydrogens is 203 g/mol. The molecule has 0 aliphatic carbocycles. The highest BCUT2D eigenvalue weighted by molar-refractivity contribution is 6.49. The van der Waals surface area contributed by atoms with E-state index in [0.717, 1.165) is 7.28 Å². The third-order valence-corrected chi connectivity index (χ3v) is 2.56. The standard InChI is InChI=1S/C16H27B/c1-9-13(15(3,4)5)11-12-14(10-2)17-16(6,7)8/h9-12,17H,1-2H2,3-8H3/b13-11+,14-12+. The Kier molecular flexibility index (Phi) is 5.74. The average molecular weight is 230 g/mol. The van der Waals surface area contributed by atoms with Gasteiger partial charge < -0.3 is 0 Å². The molecule has 0 unspecified atom stereocenters. The van der Waals surface area contributed by atoms with Gasteiger partial charge in [-0.3, -0.25) is 0 Å². The van der Waals surface area contributed by atoms with Gasteiger partial charge in [-0.15, -0.1) is 0 Å². The van der Waals surface area contributed by atoms with Crippen LogP contribution in [0.2, 0.25) is 5.31 Å². The Morgan fingerprint density at radius 3 is 1.71 bits per heavy atom. The molecule has 0 aliphatic heterocycles. The van der Waals surface area contributed by atoms with Gasteiger partial charge in [0, 0.05) is 0 Å². The predicted octanol–water partition coefficient (Wildman–Crippen LogP) is 4.87. The van der Waals surface area contributed by atoms with Crippen molar-refractivity contribution in [1.82, 2.24) is 0 Å². The minimum Gasteiger partial charge on any atom is -0.0996 e. The first kappa shape index (κ1) is 16.0. The first-order chi connectivity index (χ1) is 7.60. The third kappa shape index (κ3) is 7.04. The zero-order valence-corrected chi connectivity index (χ0v) is 12.4. The topological polar surface area (TPSA) is 0 Å². The highest BCUT2D eigenvalue weighted by atomic mass is 14.2. The van der Waals surface area contributed by atoms with Crippen molar-refractivity contribution >= 4 is 7.28 Å². The molecule has 0 aromatic heterocycles. The zero-order chi connectivity index (χ0) is 13.7. The predicted molar refractivity (Wildman–Crippen MR) is 82.9 cm³/mol. The van der Waals surface area contributed by atoms with Gasteiger partial charge in [-0.05, 0) is 11.0 Å². The lowest BCUT2D eigenvalue weighted by Gasteiger charge is -2.20. The van der Waals surface area contributed by atoms with Crippen LogP contribution in [0.5, 0.6) is 0 Å². The first-order valence-electron chi connectivity index (χ1n) is 6.26. The van der Waals surface area contributed by atoms with Gasteiger partial charge >= 0.3 is 0 Å². The van der Waals surface area contributed by atoms with E-state index >= 15 is 0 Å². The van der Waals surface area contributed by atoms with Gasteiger partial charge in [0.1, 0.15) is 0 Å². The molecule has 0 radical (unpaired) electrons. The van der Waals surface area contributed by atoms with Crippen molar-refractivity contribution in [1.29, 1.82) is 0 Å². The van der Waals surface area contributed by atoms with Crippen molar-refractivity contribution in [3.05, 3.63) is 48.5 Å². The molecule has 0 rings (SSSR count). The maximum atomic E-state index is 3.89. The molecule has 0 saturated heterocycles. The molecular formula is C16H27B. The van der Waals surface area contributed by atoms with E-state index in [1.807, 2.05) is 12.2 Å². The summed E-state index contributed by atoms with van der Waals surface area (Å²) in [6.45, 7) is 21.1. The van der Waals surface area contributed by atoms with Crippen molar-refractivity contribution in [3.63, 3.8) is 0 Å². The van der Waals surface area contributed by atoms with E-state index in [-0.39, 0.29) is 5.41 Å². The van der Waals surface area contributed by atoms with Gasteiger partial charge in [0.15, 0.2) is 7.28 Å². The summed E-state index contributed by atoms with van der Waals surface area (Å²) in [6.07, 6.45) is 8.22. The number of rotatable bonds is 4. The number of hydrogen-bond acceptors (Lipinski definition) is 0. The Labute approximate surface area is 108 Å². The Bertz CT molecular complexity index is 330. The molecule has 1 heteroatoms. The molecule has 0 saturated carbocycles. The van der Waals surface area contributed by atoms with Crippen molar-refractivity contribution < 1.29 is 0 Å². The quantitative estimate of drug-likeness (QED) is 0.477. The highest BCUT2D eigenvalue weighted by Crippen LogP contribution is 2.27. The number of hydrogen-bond donors (Lipinski definition) is 0. The summed E-state index contributed by atoms with van der Waals surface area (Å²) >= 11 is 0. The maximum Gasteiger partial charge on any atom is 0.163 e. The van der Waals surface area contributed by atoms with Crippen molar-refractivity contribution in [2.45, 2.75) is 46.9 Å². The van der Waals surface area contributed by atoms with E-state index in [4.69, 9.17) is 0 Å². The molecule has 17 heavy (non-hydrogen) atoms. The third-order valence-electron chi connectivity index (χ3n) is 2.56. The van der Waals surface area contributed by atoms with Crippen LogP contribution in [0.15, 0.2) is 48.5 Å². The SMILES string of the molecule is C=C/C(BC(C)(C)C)=C\C=C(/C=C)C(C)(C)C. The molecule has 0 heterocycles. The van der Waals surface area contributed by atoms with Gasteiger partial charge in [0.05, 0.1) is 0 Å². The number of allylic oxidation sites excluding steroid dienone is 6. The summed E-state index contributed by atoms with van der Waals surface area (Å²) in [5.74, 6) is 0. The first-order valence-corrected chi connectivity index (χ1v) is 6.26. The minimum atomic E-state index is 0.145. The Morgan fingerprint density at radius 2 is 1.41 bits per heavy atom. The van der Waals surface area contributed by atoms with Gasteiger partial charge in [0.25, 0.3) is 0 Å². The molecule has 0 nitrogen and oxygen atoms in total. The molecule has 0 spiro atoms. The van der Waals surface area contributed by atoms with Crippen LogP contribution in [0.25, 0.3) is 0 Å². The second-order valence-electron chi connectivity index (χ2n) is 6.76. The second kappa shape index (κ2) is 6.09. The lowest BCUT2D eigenvalue weighted by atomic mass is 9.50. The van der Waals surface area contributed by atoms with Crippen LogP contribution in [-0.4, -0.2) is 7.28 Å². The Balaban J connectivity index is 5.04. The monoisotopic (exact) mass is 230 g/mol. The van der Waals surface area contributed by atoms with Crippen molar-refractivity contribution in [2.75, 3.05) is 0 Å². The molecule has 0 N–H and O–H groups in total. The van der Waals surface area contributed by atoms with Crippen LogP contribution in [0.3, 0.4) is 0 Å².